The first-order valence-electron chi connectivity index (χ1n) is 5.85. The van der Waals surface area contributed by atoms with E-state index in [0.717, 1.165) is 0 Å². The maximum absolute atomic E-state index is 12.0. The topological polar surface area (TPSA) is 83.5 Å². The van der Waals surface area contributed by atoms with Crippen molar-refractivity contribution in [1.29, 1.82) is 0 Å². The lowest BCUT2D eigenvalue weighted by Gasteiger charge is -2.13. The van der Waals surface area contributed by atoms with Gasteiger partial charge in [0.15, 0.2) is 0 Å². The van der Waals surface area contributed by atoms with E-state index in [4.69, 9.17) is 16.7 Å². The van der Waals surface area contributed by atoms with Crippen molar-refractivity contribution < 1.29 is 18.3 Å². The Kier molecular flexibility index (Phi) is 5.78. The number of carboxylic acid groups (broad SMARTS) is 1. The van der Waals surface area contributed by atoms with Gasteiger partial charge >= 0.3 is 5.97 Å². The molecule has 1 rings (SSSR count). The Morgan fingerprint density at radius 2 is 2.05 bits per heavy atom. The van der Waals surface area contributed by atoms with Crippen LogP contribution in [0.3, 0.4) is 0 Å². The molecule has 0 saturated heterocycles. The fourth-order valence-electron chi connectivity index (χ4n) is 1.61. The fraction of sp³-hybridized carbons (Fsp3) is 0.417. The largest absolute Gasteiger partial charge is 0.481 e. The van der Waals surface area contributed by atoms with Gasteiger partial charge in [-0.3, -0.25) is 4.79 Å². The molecule has 0 bridgehead atoms. The molecule has 1 aromatic rings. The maximum Gasteiger partial charge on any atom is 0.307 e. The van der Waals surface area contributed by atoms with Gasteiger partial charge in [-0.15, -0.1) is 0 Å². The van der Waals surface area contributed by atoms with E-state index >= 15 is 0 Å². The van der Waals surface area contributed by atoms with Crippen LogP contribution in [0.2, 0.25) is 5.02 Å². The number of hydrogen-bond donors (Lipinski definition) is 2. The molecule has 0 amide bonds. The van der Waals surface area contributed by atoms with Crippen LogP contribution in [-0.4, -0.2) is 26.0 Å². The highest BCUT2D eigenvalue weighted by atomic mass is 35.5. The first kappa shape index (κ1) is 15.9. The van der Waals surface area contributed by atoms with Gasteiger partial charge in [-0.25, -0.2) is 13.1 Å². The van der Waals surface area contributed by atoms with Gasteiger partial charge in [0.1, 0.15) is 4.90 Å². The molecule has 1 atom stereocenters. The zero-order valence-electron chi connectivity index (χ0n) is 10.5. The number of hydrogen-bond acceptors (Lipinski definition) is 3. The first-order valence-corrected chi connectivity index (χ1v) is 7.71. The van der Waals surface area contributed by atoms with E-state index in [9.17, 15) is 13.2 Å². The number of sulfonamides is 1. The van der Waals surface area contributed by atoms with Gasteiger partial charge in [-0.1, -0.05) is 37.1 Å². The Balaban J connectivity index is 2.81. The molecule has 0 aliphatic carbocycles. The van der Waals surface area contributed by atoms with Crippen LogP contribution in [0.25, 0.3) is 0 Å². The number of carbonyl (C=O) groups is 1. The minimum Gasteiger partial charge on any atom is -0.481 e. The van der Waals surface area contributed by atoms with Gasteiger partial charge in [0, 0.05) is 6.54 Å². The Hall–Kier alpha value is -1.11. The van der Waals surface area contributed by atoms with Crippen LogP contribution >= 0.6 is 11.6 Å². The summed E-state index contributed by atoms with van der Waals surface area (Å²) in [6.45, 7) is 1.70. The molecule has 0 aliphatic heterocycles. The van der Waals surface area contributed by atoms with Crippen LogP contribution < -0.4 is 4.72 Å². The summed E-state index contributed by atoms with van der Waals surface area (Å²) in [5.41, 5.74) is 0. The van der Waals surface area contributed by atoms with Crippen LogP contribution in [0.1, 0.15) is 19.8 Å². The second-order valence-corrected chi connectivity index (χ2v) is 6.25. The molecule has 0 radical (unpaired) electrons. The third kappa shape index (κ3) is 4.49. The fourth-order valence-corrected chi connectivity index (χ4v) is 3.21. The van der Waals surface area contributed by atoms with Crippen molar-refractivity contribution in [3.8, 4) is 0 Å². The average molecular weight is 306 g/mol. The second kappa shape index (κ2) is 6.88. The summed E-state index contributed by atoms with van der Waals surface area (Å²) in [6.07, 6.45) is 1.09. The second-order valence-electron chi connectivity index (χ2n) is 4.11. The van der Waals surface area contributed by atoms with Crippen LogP contribution in [-0.2, 0) is 14.8 Å². The molecule has 0 aromatic heterocycles. The van der Waals surface area contributed by atoms with Gasteiger partial charge < -0.3 is 5.11 Å². The van der Waals surface area contributed by atoms with Crippen LogP contribution in [0, 0.1) is 5.92 Å². The normalized spacial score (nSPS) is 13.2. The number of carboxylic acids is 1. The lowest BCUT2D eigenvalue weighted by Crippen LogP contribution is -2.33. The highest BCUT2D eigenvalue weighted by Crippen LogP contribution is 2.20. The summed E-state index contributed by atoms with van der Waals surface area (Å²) in [5.74, 6) is -1.74. The minimum absolute atomic E-state index is 0.0442. The Bertz CT molecular complexity index is 544. The van der Waals surface area contributed by atoms with E-state index in [1.807, 2.05) is 6.92 Å². The summed E-state index contributed by atoms with van der Waals surface area (Å²) in [4.78, 5) is 10.9. The Labute approximate surface area is 117 Å². The van der Waals surface area contributed by atoms with E-state index in [1.165, 1.54) is 12.1 Å². The van der Waals surface area contributed by atoms with Crippen molar-refractivity contribution in [2.24, 2.45) is 5.92 Å². The van der Waals surface area contributed by atoms with E-state index in [1.54, 1.807) is 12.1 Å². The lowest BCUT2D eigenvalue weighted by atomic mass is 10.1. The number of benzene rings is 1. The Morgan fingerprint density at radius 3 is 2.58 bits per heavy atom. The summed E-state index contributed by atoms with van der Waals surface area (Å²) >= 11 is 5.81. The van der Waals surface area contributed by atoms with E-state index < -0.39 is 21.9 Å². The molecule has 0 fully saturated rings. The smallest absolute Gasteiger partial charge is 0.307 e. The average Bonchev–Trinajstić information content (AvgIpc) is 2.34. The number of nitrogens with one attached hydrogen (secondary N) is 1. The molecule has 5 nitrogen and oxygen atoms in total. The number of rotatable bonds is 7. The molecule has 7 heteroatoms. The van der Waals surface area contributed by atoms with E-state index in [2.05, 4.69) is 4.72 Å². The SMILES string of the molecule is CCCC(CNS(=O)(=O)c1ccccc1Cl)C(=O)O. The predicted octanol–water partition coefficient (Wildman–Crippen LogP) is 2.12. The van der Waals surface area contributed by atoms with Crippen molar-refractivity contribution in [3.63, 3.8) is 0 Å². The molecule has 106 valence electrons. The lowest BCUT2D eigenvalue weighted by molar-refractivity contribution is -0.141. The molecule has 0 aliphatic rings. The van der Waals surface area contributed by atoms with Gasteiger partial charge in [-0.05, 0) is 18.6 Å². The third-order valence-corrected chi connectivity index (χ3v) is 4.56. The van der Waals surface area contributed by atoms with Crippen molar-refractivity contribution in [1.82, 2.24) is 4.72 Å². The predicted molar refractivity (Wildman–Crippen MR) is 72.7 cm³/mol. The van der Waals surface area contributed by atoms with Crippen LogP contribution in [0.15, 0.2) is 29.2 Å². The molecule has 1 unspecified atom stereocenters. The van der Waals surface area contributed by atoms with E-state index in [0.29, 0.717) is 12.8 Å². The van der Waals surface area contributed by atoms with Gasteiger partial charge in [-0.2, -0.15) is 0 Å². The Morgan fingerprint density at radius 1 is 1.42 bits per heavy atom. The summed E-state index contributed by atoms with van der Waals surface area (Å²) < 4.78 is 26.3. The summed E-state index contributed by atoms with van der Waals surface area (Å²) in [6, 6.07) is 6.02. The number of halogens is 1. The van der Waals surface area contributed by atoms with Gasteiger partial charge in [0.05, 0.1) is 10.9 Å². The molecular weight excluding hydrogens is 290 g/mol. The monoisotopic (exact) mass is 305 g/mol. The molecule has 19 heavy (non-hydrogen) atoms. The van der Waals surface area contributed by atoms with E-state index in [-0.39, 0.29) is 16.5 Å². The zero-order chi connectivity index (χ0) is 14.5. The molecule has 0 saturated carbocycles. The summed E-state index contributed by atoms with van der Waals surface area (Å²) in [7, 11) is -3.78. The minimum atomic E-state index is -3.78. The van der Waals surface area contributed by atoms with Crippen molar-refractivity contribution in [2.75, 3.05) is 6.54 Å². The maximum atomic E-state index is 12.0. The van der Waals surface area contributed by atoms with Crippen molar-refractivity contribution in [3.05, 3.63) is 29.3 Å². The zero-order valence-corrected chi connectivity index (χ0v) is 12.0. The molecule has 1 aromatic carbocycles. The standard InChI is InChI=1S/C12H16ClNO4S/c1-2-5-9(12(15)16)8-14-19(17,18)11-7-4-3-6-10(11)13/h3-4,6-7,9,14H,2,5,8H2,1H3,(H,15,16). The molecular formula is C12H16ClNO4S. The molecule has 2 N–H and O–H groups in total. The molecule has 0 spiro atoms. The van der Waals surface area contributed by atoms with Crippen molar-refractivity contribution >= 4 is 27.6 Å². The number of aliphatic carboxylic acids is 1. The summed E-state index contributed by atoms with van der Waals surface area (Å²) in [5, 5.41) is 9.07. The quantitative estimate of drug-likeness (QED) is 0.808. The highest BCUT2D eigenvalue weighted by Gasteiger charge is 2.22. The molecule has 0 heterocycles. The van der Waals surface area contributed by atoms with Crippen LogP contribution in [0.5, 0.6) is 0 Å². The first-order chi connectivity index (χ1) is 8.88. The van der Waals surface area contributed by atoms with Crippen molar-refractivity contribution in [2.45, 2.75) is 24.7 Å². The third-order valence-electron chi connectivity index (χ3n) is 2.63. The van der Waals surface area contributed by atoms with Gasteiger partial charge in [0.25, 0.3) is 0 Å². The van der Waals surface area contributed by atoms with Gasteiger partial charge in [0.2, 0.25) is 10.0 Å². The van der Waals surface area contributed by atoms with Crippen LogP contribution in [0.4, 0.5) is 0 Å². The highest BCUT2D eigenvalue weighted by molar-refractivity contribution is 7.89.